The van der Waals surface area contributed by atoms with Gasteiger partial charge in [0.05, 0.1) is 25.2 Å². The summed E-state index contributed by atoms with van der Waals surface area (Å²) < 4.78 is 15.9. The smallest absolute Gasteiger partial charge is 0.129 e. The fraction of sp³-hybridized carbons (Fsp3) is 0.385. The van der Waals surface area contributed by atoms with Gasteiger partial charge in [-0.25, -0.2) is 0 Å². The zero-order valence-corrected chi connectivity index (χ0v) is 9.89. The van der Waals surface area contributed by atoms with Gasteiger partial charge in [0.1, 0.15) is 18.1 Å². The van der Waals surface area contributed by atoms with Crippen LogP contribution in [0.4, 0.5) is 0 Å². The summed E-state index contributed by atoms with van der Waals surface area (Å²) in [6, 6.07) is 7.81. The number of nitrogens with one attached hydrogen (secondary N) is 1. The topological polar surface area (TPSA) is 47.5 Å². The molecule has 17 heavy (non-hydrogen) atoms. The van der Waals surface area contributed by atoms with E-state index in [0.717, 1.165) is 18.1 Å². The molecule has 0 saturated carbocycles. The van der Waals surface area contributed by atoms with Crippen molar-refractivity contribution in [2.45, 2.75) is 19.6 Å². The highest BCUT2D eigenvalue weighted by molar-refractivity contribution is 5.02. The highest BCUT2D eigenvalue weighted by Gasteiger charge is 2.06. The maximum absolute atomic E-state index is 5.46. The fourth-order valence-electron chi connectivity index (χ4n) is 1.55. The van der Waals surface area contributed by atoms with Gasteiger partial charge >= 0.3 is 0 Å². The summed E-state index contributed by atoms with van der Waals surface area (Å²) in [5, 5.41) is 3.32. The first-order chi connectivity index (χ1) is 8.36. The molecule has 0 spiro atoms. The standard InChI is InChI=1S/C13H17NO3/c1-11(13-5-3-8-17-13)14-6-9-15-10-12-4-2-7-16-12/h2-5,7-8,11,14H,6,9-10H2,1H3. The van der Waals surface area contributed by atoms with Crippen LogP contribution in [0.2, 0.25) is 0 Å². The molecule has 0 aliphatic heterocycles. The molecule has 2 aromatic rings. The van der Waals surface area contributed by atoms with Gasteiger partial charge < -0.3 is 18.9 Å². The van der Waals surface area contributed by atoms with Gasteiger partial charge in [0.15, 0.2) is 0 Å². The lowest BCUT2D eigenvalue weighted by molar-refractivity contribution is 0.106. The Morgan fingerprint density at radius 3 is 2.76 bits per heavy atom. The van der Waals surface area contributed by atoms with E-state index in [1.165, 1.54) is 0 Å². The third-order valence-electron chi connectivity index (χ3n) is 2.49. The Balaban J connectivity index is 1.57. The predicted octanol–water partition coefficient (Wildman–Crippen LogP) is 2.74. The molecule has 0 aliphatic rings. The Bertz CT molecular complexity index is 394. The molecule has 92 valence electrons. The SMILES string of the molecule is CC(NCCOCc1ccco1)c1ccco1. The zero-order chi connectivity index (χ0) is 11.9. The molecule has 0 aromatic carbocycles. The number of rotatable bonds is 7. The monoisotopic (exact) mass is 235 g/mol. The van der Waals surface area contributed by atoms with E-state index in [0.29, 0.717) is 13.2 Å². The summed E-state index contributed by atoms with van der Waals surface area (Å²) in [4.78, 5) is 0. The van der Waals surface area contributed by atoms with Gasteiger partial charge in [-0.3, -0.25) is 0 Å². The van der Waals surface area contributed by atoms with Crippen molar-refractivity contribution < 1.29 is 13.6 Å². The highest BCUT2D eigenvalue weighted by Crippen LogP contribution is 2.11. The molecule has 1 N–H and O–H groups in total. The van der Waals surface area contributed by atoms with Gasteiger partial charge in [-0.05, 0) is 31.2 Å². The van der Waals surface area contributed by atoms with Gasteiger partial charge in [0, 0.05) is 6.54 Å². The minimum absolute atomic E-state index is 0.206. The molecule has 1 atom stereocenters. The molecule has 0 saturated heterocycles. The summed E-state index contributed by atoms with van der Waals surface area (Å²) in [6.45, 7) is 4.00. The van der Waals surface area contributed by atoms with Gasteiger partial charge in [0.25, 0.3) is 0 Å². The zero-order valence-electron chi connectivity index (χ0n) is 9.89. The molecule has 4 nitrogen and oxygen atoms in total. The van der Waals surface area contributed by atoms with Crippen LogP contribution < -0.4 is 5.32 Å². The van der Waals surface area contributed by atoms with Crippen LogP contribution >= 0.6 is 0 Å². The molecule has 0 amide bonds. The van der Waals surface area contributed by atoms with Crippen molar-refractivity contribution in [1.82, 2.24) is 5.32 Å². The van der Waals surface area contributed by atoms with Crippen molar-refractivity contribution in [1.29, 1.82) is 0 Å². The minimum Gasteiger partial charge on any atom is -0.468 e. The van der Waals surface area contributed by atoms with Crippen LogP contribution in [0.1, 0.15) is 24.5 Å². The Kier molecular flexibility index (Phi) is 4.41. The maximum atomic E-state index is 5.46. The molecule has 0 aliphatic carbocycles. The Morgan fingerprint density at radius 1 is 1.24 bits per heavy atom. The third kappa shape index (κ3) is 3.76. The van der Waals surface area contributed by atoms with Crippen molar-refractivity contribution in [3.63, 3.8) is 0 Å². The van der Waals surface area contributed by atoms with E-state index < -0.39 is 0 Å². The Labute approximate surface area is 101 Å². The fourth-order valence-corrected chi connectivity index (χ4v) is 1.55. The van der Waals surface area contributed by atoms with E-state index in [-0.39, 0.29) is 6.04 Å². The second kappa shape index (κ2) is 6.27. The van der Waals surface area contributed by atoms with Crippen molar-refractivity contribution in [3.05, 3.63) is 48.3 Å². The van der Waals surface area contributed by atoms with Gasteiger partial charge in [-0.2, -0.15) is 0 Å². The average Bonchev–Trinajstić information content (AvgIpc) is 3.01. The van der Waals surface area contributed by atoms with Crippen LogP contribution in [0, 0.1) is 0 Å². The van der Waals surface area contributed by atoms with Crippen LogP contribution in [0.25, 0.3) is 0 Å². The van der Waals surface area contributed by atoms with E-state index in [4.69, 9.17) is 13.6 Å². The summed E-state index contributed by atoms with van der Waals surface area (Å²) in [6.07, 6.45) is 3.33. The molecular formula is C13H17NO3. The lowest BCUT2D eigenvalue weighted by Crippen LogP contribution is -2.22. The first kappa shape index (κ1) is 12.0. The van der Waals surface area contributed by atoms with E-state index in [1.54, 1.807) is 12.5 Å². The quantitative estimate of drug-likeness (QED) is 0.750. The minimum atomic E-state index is 0.206. The van der Waals surface area contributed by atoms with Crippen LogP contribution in [0.5, 0.6) is 0 Å². The van der Waals surface area contributed by atoms with Crippen molar-refractivity contribution >= 4 is 0 Å². The summed E-state index contributed by atoms with van der Waals surface area (Å²) >= 11 is 0. The van der Waals surface area contributed by atoms with E-state index in [1.807, 2.05) is 24.3 Å². The first-order valence-electron chi connectivity index (χ1n) is 5.73. The highest BCUT2D eigenvalue weighted by atomic mass is 16.5. The lowest BCUT2D eigenvalue weighted by Gasteiger charge is -2.10. The summed E-state index contributed by atoms with van der Waals surface area (Å²) in [5.41, 5.74) is 0. The first-order valence-corrected chi connectivity index (χ1v) is 5.73. The van der Waals surface area contributed by atoms with Crippen LogP contribution in [0.15, 0.2) is 45.6 Å². The molecule has 2 aromatic heterocycles. The Hall–Kier alpha value is -1.52. The number of hydrogen-bond acceptors (Lipinski definition) is 4. The predicted molar refractivity (Wildman–Crippen MR) is 63.5 cm³/mol. The van der Waals surface area contributed by atoms with Crippen molar-refractivity contribution in [3.8, 4) is 0 Å². The van der Waals surface area contributed by atoms with E-state index in [2.05, 4.69) is 12.2 Å². The largest absolute Gasteiger partial charge is 0.468 e. The molecule has 1 unspecified atom stereocenters. The van der Waals surface area contributed by atoms with Crippen molar-refractivity contribution in [2.24, 2.45) is 0 Å². The van der Waals surface area contributed by atoms with Crippen LogP contribution in [0.3, 0.4) is 0 Å². The van der Waals surface area contributed by atoms with E-state index in [9.17, 15) is 0 Å². The molecule has 2 heterocycles. The molecule has 4 heteroatoms. The number of furan rings is 2. The maximum Gasteiger partial charge on any atom is 0.129 e. The molecule has 0 radical (unpaired) electrons. The summed E-state index contributed by atoms with van der Waals surface area (Å²) in [7, 11) is 0. The van der Waals surface area contributed by atoms with Crippen LogP contribution in [-0.2, 0) is 11.3 Å². The Morgan fingerprint density at radius 2 is 2.06 bits per heavy atom. The molecule has 2 rings (SSSR count). The van der Waals surface area contributed by atoms with Gasteiger partial charge in [0.2, 0.25) is 0 Å². The second-order valence-electron chi connectivity index (χ2n) is 3.82. The van der Waals surface area contributed by atoms with Crippen LogP contribution in [-0.4, -0.2) is 13.2 Å². The van der Waals surface area contributed by atoms with Gasteiger partial charge in [-0.1, -0.05) is 0 Å². The molecule has 0 fully saturated rings. The third-order valence-corrected chi connectivity index (χ3v) is 2.49. The number of ether oxygens (including phenoxy) is 1. The molecular weight excluding hydrogens is 218 g/mol. The number of hydrogen-bond donors (Lipinski definition) is 1. The normalized spacial score (nSPS) is 12.8. The lowest BCUT2D eigenvalue weighted by atomic mass is 10.2. The van der Waals surface area contributed by atoms with E-state index >= 15 is 0 Å². The average molecular weight is 235 g/mol. The second-order valence-corrected chi connectivity index (χ2v) is 3.82. The van der Waals surface area contributed by atoms with Crippen molar-refractivity contribution in [2.75, 3.05) is 13.2 Å². The molecule has 0 bridgehead atoms. The van der Waals surface area contributed by atoms with Gasteiger partial charge in [-0.15, -0.1) is 0 Å². The summed E-state index contributed by atoms with van der Waals surface area (Å²) in [5.74, 6) is 1.79.